The Hall–Kier alpha value is -1.95. The van der Waals surface area contributed by atoms with E-state index in [4.69, 9.17) is 0 Å². The van der Waals surface area contributed by atoms with E-state index in [9.17, 15) is 4.79 Å². The highest BCUT2D eigenvalue weighted by atomic mass is 32.1. The summed E-state index contributed by atoms with van der Waals surface area (Å²) in [6.07, 6.45) is 4.97. The smallest absolute Gasteiger partial charge is 0.261 e. The third kappa shape index (κ3) is 3.03. The first-order valence-corrected chi connectivity index (χ1v) is 5.55. The molecule has 5 nitrogen and oxygen atoms in total. The van der Waals surface area contributed by atoms with Crippen molar-refractivity contribution in [3.05, 3.63) is 40.8 Å². The van der Waals surface area contributed by atoms with Gasteiger partial charge in [-0.05, 0) is 17.5 Å². The average molecular weight is 234 g/mol. The minimum atomic E-state index is -0.198. The van der Waals surface area contributed by atoms with Crippen LogP contribution in [0.1, 0.15) is 4.88 Å². The maximum Gasteiger partial charge on any atom is 0.261 e. The van der Waals surface area contributed by atoms with E-state index in [1.165, 1.54) is 4.68 Å². The van der Waals surface area contributed by atoms with Gasteiger partial charge in [0, 0.05) is 17.3 Å². The largest absolute Gasteiger partial charge is 0.271 e. The quantitative estimate of drug-likeness (QED) is 0.636. The summed E-state index contributed by atoms with van der Waals surface area (Å²) in [7, 11) is 0. The summed E-state index contributed by atoms with van der Waals surface area (Å²) in [4.78, 5) is 12.4. The number of nitrogens with zero attached hydrogens (tertiary/aromatic N) is 3. The van der Waals surface area contributed by atoms with E-state index in [0.717, 1.165) is 4.88 Å². The second-order valence-corrected chi connectivity index (χ2v) is 3.99. The summed E-state index contributed by atoms with van der Waals surface area (Å²) >= 11 is 1.56. The highest BCUT2D eigenvalue weighted by Crippen LogP contribution is 2.03. The van der Waals surface area contributed by atoms with Crippen LogP contribution in [0.5, 0.6) is 0 Å². The molecule has 2 aromatic heterocycles. The zero-order valence-electron chi connectivity index (χ0n) is 8.41. The van der Waals surface area contributed by atoms with Gasteiger partial charge in [0.1, 0.15) is 6.54 Å². The number of carbonyl (C=O) groups is 1. The lowest BCUT2D eigenvalue weighted by molar-refractivity contribution is -0.121. The van der Waals surface area contributed by atoms with Crippen LogP contribution in [0, 0.1) is 0 Å². The van der Waals surface area contributed by atoms with Crippen LogP contribution in [0.15, 0.2) is 41.1 Å². The van der Waals surface area contributed by atoms with Crippen molar-refractivity contribution in [2.45, 2.75) is 6.54 Å². The summed E-state index contributed by atoms with van der Waals surface area (Å²) in [6, 6.07) is 5.62. The van der Waals surface area contributed by atoms with Gasteiger partial charge in [0.2, 0.25) is 0 Å². The van der Waals surface area contributed by atoms with Crippen molar-refractivity contribution in [2.75, 3.05) is 0 Å². The number of hydrogen-bond donors (Lipinski definition) is 1. The molecule has 2 rings (SSSR count). The Bertz CT molecular complexity index is 461. The molecule has 1 N–H and O–H groups in total. The summed E-state index contributed by atoms with van der Waals surface area (Å²) in [5, 5.41) is 9.71. The highest BCUT2D eigenvalue weighted by molar-refractivity contribution is 7.11. The molecule has 2 heterocycles. The Balaban J connectivity index is 1.80. The second-order valence-electron chi connectivity index (χ2n) is 3.01. The first-order valence-electron chi connectivity index (χ1n) is 4.67. The molecule has 2 aromatic rings. The lowest BCUT2D eigenvalue weighted by atomic mass is 10.5. The molecule has 6 heteroatoms. The summed E-state index contributed by atoms with van der Waals surface area (Å²) < 4.78 is 1.54. The van der Waals surface area contributed by atoms with Gasteiger partial charge in [-0.15, -0.1) is 11.3 Å². The number of hydrazone groups is 1. The zero-order chi connectivity index (χ0) is 11.2. The number of aromatic nitrogens is 2. The molecule has 0 spiro atoms. The molecule has 0 saturated heterocycles. The van der Waals surface area contributed by atoms with E-state index in [1.807, 2.05) is 17.5 Å². The highest BCUT2D eigenvalue weighted by Gasteiger charge is 1.99. The molecular weight excluding hydrogens is 224 g/mol. The standard InChI is InChI=1S/C10H10N4OS/c15-10(8-14-5-2-4-12-14)13-11-7-9-3-1-6-16-9/h1-7H,8H2,(H,13,15). The topological polar surface area (TPSA) is 59.3 Å². The van der Waals surface area contributed by atoms with Gasteiger partial charge in [-0.25, -0.2) is 5.43 Å². The molecule has 0 aliphatic heterocycles. The zero-order valence-corrected chi connectivity index (χ0v) is 9.22. The van der Waals surface area contributed by atoms with Crippen LogP contribution in [-0.2, 0) is 11.3 Å². The molecule has 16 heavy (non-hydrogen) atoms. The Morgan fingerprint density at radius 1 is 1.62 bits per heavy atom. The molecule has 0 atom stereocenters. The van der Waals surface area contributed by atoms with E-state index in [-0.39, 0.29) is 12.5 Å². The summed E-state index contributed by atoms with van der Waals surface area (Å²) in [6.45, 7) is 0.175. The van der Waals surface area contributed by atoms with Gasteiger partial charge in [-0.3, -0.25) is 9.48 Å². The van der Waals surface area contributed by atoms with E-state index in [0.29, 0.717) is 0 Å². The minimum Gasteiger partial charge on any atom is -0.271 e. The fourth-order valence-corrected chi connectivity index (χ4v) is 1.69. The molecule has 0 aliphatic rings. The Kier molecular flexibility index (Phi) is 3.45. The first-order chi connectivity index (χ1) is 7.84. The Labute approximate surface area is 96.4 Å². The van der Waals surface area contributed by atoms with Crippen molar-refractivity contribution in [3.8, 4) is 0 Å². The minimum absolute atomic E-state index is 0.175. The van der Waals surface area contributed by atoms with Crippen LogP contribution in [0.2, 0.25) is 0 Å². The molecule has 0 unspecified atom stereocenters. The Morgan fingerprint density at radius 3 is 3.25 bits per heavy atom. The number of nitrogens with one attached hydrogen (secondary N) is 1. The monoisotopic (exact) mass is 234 g/mol. The van der Waals surface area contributed by atoms with Crippen LogP contribution in [0.3, 0.4) is 0 Å². The SMILES string of the molecule is O=C(Cn1cccn1)NN=Cc1cccs1. The summed E-state index contributed by atoms with van der Waals surface area (Å²) in [5.41, 5.74) is 2.44. The van der Waals surface area contributed by atoms with E-state index < -0.39 is 0 Å². The molecule has 0 aliphatic carbocycles. The van der Waals surface area contributed by atoms with Gasteiger partial charge >= 0.3 is 0 Å². The van der Waals surface area contributed by atoms with Gasteiger partial charge in [0.25, 0.3) is 5.91 Å². The predicted molar refractivity (Wildman–Crippen MR) is 62.3 cm³/mol. The lowest BCUT2D eigenvalue weighted by Crippen LogP contribution is -2.23. The maximum absolute atomic E-state index is 11.4. The van der Waals surface area contributed by atoms with Crippen LogP contribution in [-0.4, -0.2) is 21.9 Å². The fourth-order valence-electron chi connectivity index (χ4n) is 1.11. The number of hydrogen-bond acceptors (Lipinski definition) is 4. The van der Waals surface area contributed by atoms with Crippen molar-refractivity contribution >= 4 is 23.5 Å². The normalized spacial score (nSPS) is 10.8. The van der Waals surface area contributed by atoms with Crippen molar-refractivity contribution in [2.24, 2.45) is 5.10 Å². The molecule has 82 valence electrons. The number of thiophene rings is 1. The molecule has 0 bridgehead atoms. The van der Waals surface area contributed by atoms with Crippen molar-refractivity contribution in [1.82, 2.24) is 15.2 Å². The second kappa shape index (κ2) is 5.22. The molecule has 0 radical (unpaired) electrons. The third-order valence-corrected chi connectivity index (χ3v) is 2.60. The first kappa shape index (κ1) is 10.6. The molecule has 0 aromatic carbocycles. The Morgan fingerprint density at radius 2 is 2.56 bits per heavy atom. The number of amides is 1. The number of rotatable bonds is 4. The molecule has 0 saturated carbocycles. The van der Waals surface area contributed by atoms with Crippen molar-refractivity contribution in [1.29, 1.82) is 0 Å². The van der Waals surface area contributed by atoms with E-state index >= 15 is 0 Å². The van der Waals surface area contributed by atoms with Gasteiger partial charge in [0.05, 0.1) is 6.21 Å². The van der Waals surface area contributed by atoms with Gasteiger partial charge in [-0.1, -0.05) is 6.07 Å². The van der Waals surface area contributed by atoms with E-state index in [2.05, 4.69) is 15.6 Å². The van der Waals surface area contributed by atoms with Crippen LogP contribution >= 0.6 is 11.3 Å². The third-order valence-electron chi connectivity index (χ3n) is 1.79. The van der Waals surface area contributed by atoms with Crippen LogP contribution in [0.25, 0.3) is 0 Å². The molecular formula is C10H10N4OS. The van der Waals surface area contributed by atoms with Crippen LogP contribution < -0.4 is 5.43 Å². The molecule has 1 amide bonds. The predicted octanol–water partition coefficient (Wildman–Crippen LogP) is 1.09. The number of carbonyl (C=O) groups excluding carboxylic acids is 1. The fraction of sp³-hybridized carbons (Fsp3) is 0.100. The maximum atomic E-state index is 11.4. The van der Waals surface area contributed by atoms with Gasteiger partial charge in [-0.2, -0.15) is 10.2 Å². The van der Waals surface area contributed by atoms with Gasteiger partial charge in [0.15, 0.2) is 0 Å². The van der Waals surface area contributed by atoms with Crippen molar-refractivity contribution < 1.29 is 4.79 Å². The summed E-state index contributed by atoms with van der Waals surface area (Å²) in [5.74, 6) is -0.198. The van der Waals surface area contributed by atoms with Gasteiger partial charge < -0.3 is 0 Å². The van der Waals surface area contributed by atoms with E-state index in [1.54, 1.807) is 36.0 Å². The average Bonchev–Trinajstić information content (AvgIpc) is 2.90. The van der Waals surface area contributed by atoms with Crippen molar-refractivity contribution in [3.63, 3.8) is 0 Å². The lowest BCUT2D eigenvalue weighted by Gasteiger charge is -1.98. The van der Waals surface area contributed by atoms with Crippen LogP contribution in [0.4, 0.5) is 0 Å². The molecule has 0 fully saturated rings.